The molecule has 1 aromatic rings. The molecule has 0 saturated carbocycles. The van der Waals surface area contributed by atoms with Gasteiger partial charge in [-0.05, 0) is 50.5 Å². The van der Waals surface area contributed by atoms with E-state index in [1.165, 1.54) is 5.57 Å². The minimum absolute atomic E-state index is 0.234. The van der Waals surface area contributed by atoms with E-state index in [0.29, 0.717) is 6.61 Å². The Balaban J connectivity index is 3.22. The molecule has 1 unspecified atom stereocenters. The maximum atomic E-state index is 5.57. The van der Waals surface area contributed by atoms with Crippen LogP contribution in [0.2, 0.25) is 0 Å². The van der Waals surface area contributed by atoms with Crippen molar-refractivity contribution in [3.63, 3.8) is 0 Å². The van der Waals surface area contributed by atoms with Gasteiger partial charge in [-0.3, -0.25) is 0 Å². The molecular weight excluding hydrogens is 286 g/mol. The molecular formula is C20H29NO2. The van der Waals surface area contributed by atoms with E-state index >= 15 is 0 Å². The van der Waals surface area contributed by atoms with Crippen LogP contribution < -0.4 is 5.06 Å². The highest BCUT2D eigenvalue weighted by Gasteiger charge is 2.19. The van der Waals surface area contributed by atoms with E-state index in [4.69, 9.17) is 9.88 Å². The predicted octanol–water partition coefficient (Wildman–Crippen LogP) is 5.83. The number of anilines is 1. The third kappa shape index (κ3) is 5.38. The first-order valence-corrected chi connectivity index (χ1v) is 8.22. The number of benzene rings is 1. The van der Waals surface area contributed by atoms with Gasteiger partial charge in [0.15, 0.2) is 0 Å². The Morgan fingerprint density at radius 2 is 1.91 bits per heavy atom. The Kier molecular flexibility index (Phi) is 8.38. The van der Waals surface area contributed by atoms with E-state index in [1.54, 1.807) is 5.06 Å². The minimum atomic E-state index is 0.234. The number of rotatable bonds is 9. The van der Waals surface area contributed by atoms with Gasteiger partial charge in [0.2, 0.25) is 0 Å². The summed E-state index contributed by atoms with van der Waals surface area (Å²) in [5.74, 6) is 0.234. The summed E-state index contributed by atoms with van der Waals surface area (Å²) >= 11 is 0. The standard InChI is InChI=1S/C20H29NO2/c1-7-13-16(4)17(5)18(6)20(8-2)21(23-22-9-3)19-14-11-10-12-15-19/h7,10-15,17H,4,8-9H2,1-3,5-6H3/b13-7-,20-18-. The van der Waals surface area contributed by atoms with Gasteiger partial charge in [-0.1, -0.05) is 50.8 Å². The van der Waals surface area contributed by atoms with E-state index in [9.17, 15) is 0 Å². The zero-order valence-corrected chi connectivity index (χ0v) is 15.0. The quantitative estimate of drug-likeness (QED) is 0.325. The molecule has 3 nitrogen and oxygen atoms in total. The molecule has 0 heterocycles. The number of hydrogen-bond donors (Lipinski definition) is 0. The molecule has 0 saturated heterocycles. The van der Waals surface area contributed by atoms with E-state index in [1.807, 2.05) is 50.3 Å². The zero-order chi connectivity index (χ0) is 17.2. The van der Waals surface area contributed by atoms with Crippen molar-refractivity contribution < 1.29 is 9.88 Å². The molecule has 0 aliphatic carbocycles. The molecule has 0 fully saturated rings. The van der Waals surface area contributed by atoms with E-state index in [0.717, 1.165) is 23.4 Å². The Bertz CT molecular complexity index is 546. The lowest BCUT2D eigenvalue weighted by molar-refractivity contribution is -0.296. The van der Waals surface area contributed by atoms with Crippen molar-refractivity contribution in [1.82, 2.24) is 0 Å². The molecule has 1 rings (SSSR count). The maximum Gasteiger partial charge on any atom is 0.0820 e. The summed E-state index contributed by atoms with van der Waals surface area (Å²) in [5.41, 5.74) is 4.34. The highest BCUT2D eigenvalue weighted by molar-refractivity contribution is 5.50. The molecule has 0 amide bonds. The largest absolute Gasteiger partial charge is 0.212 e. The van der Waals surface area contributed by atoms with Crippen LogP contribution in [-0.2, 0) is 9.88 Å². The molecule has 23 heavy (non-hydrogen) atoms. The summed E-state index contributed by atoms with van der Waals surface area (Å²) in [6.07, 6.45) is 4.91. The van der Waals surface area contributed by atoms with Crippen LogP contribution in [0.25, 0.3) is 0 Å². The van der Waals surface area contributed by atoms with Gasteiger partial charge in [0, 0.05) is 11.6 Å². The van der Waals surface area contributed by atoms with Crippen LogP contribution in [0.1, 0.15) is 41.0 Å². The van der Waals surface area contributed by atoms with Gasteiger partial charge in [0.25, 0.3) is 0 Å². The van der Waals surface area contributed by atoms with Crippen LogP contribution in [0, 0.1) is 5.92 Å². The summed E-state index contributed by atoms with van der Waals surface area (Å²) in [6, 6.07) is 9.98. The van der Waals surface area contributed by atoms with E-state index in [2.05, 4.69) is 33.4 Å². The van der Waals surface area contributed by atoms with Crippen molar-refractivity contribution in [3.05, 3.63) is 65.9 Å². The average Bonchev–Trinajstić information content (AvgIpc) is 2.58. The summed E-state index contributed by atoms with van der Waals surface area (Å²) in [7, 11) is 0. The summed E-state index contributed by atoms with van der Waals surface area (Å²) in [6.45, 7) is 15.0. The Labute approximate surface area is 140 Å². The fourth-order valence-electron chi connectivity index (χ4n) is 2.38. The van der Waals surface area contributed by atoms with Crippen molar-refractivity contribution in [2.45, 2.75) is 41.0 Å². The average molecular weight is 315 g/mol. The molecule has 0 N–H and O–H groups in total. The molecule has 3 heteroatoms. The van der Waals surface area contributed by atoms with Crippen molar-refractivity contribution in [1.29, 1.82) is 0 Å². The lowest BCUT2D eigenvalue weighted by Gasteiger charge is -2.28. The normalized spacial score (nSPS) is 13.8. The molecule has 0 radical (unpaired) electrons. The zero-order valence-electron chi connectivity index (χ0n) is 15.0. The predicted molar refractivity (Wildman–Crippen MR) is 97.7 cm³/mol. The van der Waals surface area contributed by atoms with Gasteiger partial charge in [0.05, 0.1) is 12.3 Å². The van der Waals surface area contributed by atoms with Gasteiger partial charge in [-0.15, -0.1) is 4.99 Å². The van der Waals surface area contributed by atoms with E-state index < -0.39 is 0 Å². The van der Waals surface area contributed by atoms with Crippen molar-refractivity contribution in [2.75, 3.05) is 11.7 Å². The van der Waals surface area contributed by atoms with Crippen LogP contribution >= 0.6 is 0 Å². The van der Waals surface area contributed by atoms with E-state index in [-0.39, 0.29) is 5.92 Å². The Morgan fingerprint density at radius 3 is 2.43 bits per heavy atom. The van der Waals surface area contributed by atoms with Crippen LogP contribution in [0.15, 0.2) is 65.9 Å². The Morgan fingerprint density at radius 1 is 1.26 bits per heavy atom. The summed E-state index contributed by atoms with van der Waals surface area (Å²) in [4.78, 5) is 10.8. The molecule has 0 bridgehead atoms. The monoisotopic (exact) mass is 315 g/mol. The molecule has 0 aliphatic heterocycles. The first kappa shape index (κ1) is 19.2. The van der Waals surface area contributed by atoms with Crippen molar-refractivity contribution in [3.8, 4) is 0 Å². The van der Waals surface area contributed by atoms with Gasteiger partial charge >= 0.3 is 0 Å². The fourth-order valence-corrected chi connectivity index (χ4v) is 2.38. The SMILES string of the molecule is C=C(/C=C\C)C(C)/C(C)=C(/CC)N(OOCC)c1ccccc1. The van der Waals surface area contributed by atoms with Crippen LogP contribution in [0.3, 0.4) is 0 Å². The highest BCUT2D eigenvalue weighted by Crippen LogP contribution is 2.29. The number of nitrogens with zero attached hydrogens (tertiary/aromatic N) is 1. The third-order valence-electron chi connectivity index (χ3n) is 3.86. The van der Waals surface area contributed by atoms with Gasteiger partial charge < -0.3 is 0 Å². The second kappa shape index (κ2) is 10.0. The number of hydroxylamine groups is 1. The first-order valence-electron chi connectivity index (χ1n) is 8.22. The number of hydrogen-bond acceptors (Lipinski definition) is 3. The summed E-state index contributed by atoms with van der Waals surface area (Å²) < 4.78 is 0. The van der Waals surface area contributed by atoms with Crippen LogP contribution in [-0.4, -0.2) is 6.61 Å². The third-order valence-corrected chi connectivity index (χ3v) is 3.86. The van der Waals surface area contributed by atoms with Gasteiger partial charge in [0.1, 0.15) is 0 Å². The summed E-state index contributed by atoms with van der Waals surface area (Å²) in [5, 5.41) is 1.78. The second-order valence-corrected chi connectivity index (χ2v) is 5.39. The smallest absolute Gasteiger partial charge is 0.0820 e. The molecule has 1 atom stereocenters. The van der Waals surface area contributed by atoms with Gasteiger partial charge in [-0.25, -0.2) is 4.89 Å². The molecule has 0 aromatic heterocycles. The molecule has 0 spiro atoms. The molecule has 0 aliphatic rings. The molecule has 1 aromatic carbocycles. The van der Waals surface area contributed by atoms with Crippen molar-refractivity contribution >= 4 is 5.69 Å². The minimum Gasteiger partial charge on any atom is -0.212 e. The lowest BCUT2D eigenvalue weighted by Crippen LogP contribution is -2.25. The first-order chi connectivity index (χ1) is 11.1. The number of allylic oxidation sites excluding steroid dienone is 5. The van der Waals surface area contributed by atoms with Crippen molar-refractivity contribution in [2.24, 2.45) is 5.92 Å². The maximum absolute atomic E-state index is 5.57. The van der Waals surface area contributed by atoms with Crippen LogP contribution in [0.4, 0.5) is 5.69 Å². The Hall–Kier alpha value is -1.84. The van der Waals surface area contributed by atoms with Crippen LogP contribution in [0.5, 0.6) is 0 Å². The number of para-hydroxylation sites is 1. The lowest BCUT2D eigenvalue weighted by atomic mass is 9.92. The topological polar surface area (TPSA) is 21.7 Å². The second-order valence-electron chi connectivity index (χ2n) is 5.39. The van der Waals surface area contributed by atoms with Gasteiger partial charge in [-0.2, -0.15) is 5.06 Å². The highest BCUT2D eigenvalue weighted by atomic mass is 17.3. The molecule has 126 valence electrons. The fraction of sp³-hybridized carbons (Fsp3) is 0.400.